The monoisotopic (exact) mass is 333 g/mol. The van der Waals surface area contributed by atoms with Crippen molar-refractivity contribution in [1.82, 2.24) is 15.3 Å². The number of aromatic amines is 1. The molecule has 0 atom stereocenters. The van der Waals surface area contributed by atoms with Gasteiger partial charge in [0.25, 0.3) is 0 Å². The van der Waals surface area contributed by atoms with E-state index in [0.717, 1.165) is 11.8 Å². The van der Waals surface area contributed by atoms with E-state index in [2.05, 4.69) is 31.2 Å². The fourth-order valence-electron chi connectivity index (χ4n) is 1.73. The van der Waals surface area contributed by atoms with E-state index >= 15 is 0 Å². The van der Waals surface area contributed by atoms with Gasteiger partial charge in [-0.3, -0.25) is 0 Å². The number of benzene rings is 1. The number of nitrogens with one attached hydrogen (secondary N) is 2. The molecule has 2 aromatic rings. The lowest BCUT2D eigenvalue weighted by Crippen LogP contribution is -2.08. The first kappa shape index (κ1) is 14.1. The highest BCUT2D eigenvalue weighted by Crippen LogP contribution is 2.37. The number of alkyl halides is 3. The Morgan fingerprint density at radius 1 is 1.37 bits per heavy atom. The molecule has 1 aromatic carbocycles. The highest BCUT2D eigenvalue weighted by atomic mass is 79.9. The Kier molecular flexibility index (Phi) is 3.96. The molecule has 0 bridgehead atoms. The van der Waals surface area contributed by atoms with Crippen LogP contribution >= 0.6 is 15.9 Å². The molecular weight excluding hydrogens is 323 g/mol. The summed E-state index contributed by atoms with van der Waals surface area (Å²) >= 11 is 3.05. The van der Waals surface area contributed by atoms with E-state index in [-0.39, 0.29) is 11.4 Å². The van der Waals surface area contributed by atoms with Gasteiger partial charge in [0, 0.05) is 28.5 Å². The topological polar surface area (TPSA) is 40.7 Å². The van der Waals surface area contributed by atoms with Gasteiger partial charge in [0.05, 0.1) is 5.56 Å². The van der Waals surface area contributed by atoms with Crippen LogP contribution in [0, 0.1) is 0 Å². The van der Waals surface area contributed by atoms with Crippen LogP contribution in [0.2, 0.25) is 0 Å². The number of hydrogen-bond acceptors (Lipinski definition) is 2. The van der Waals surface area contributed by atoms with Crippen LogP contribution in [-0.4, -0.2) is 17.0 Å². The molecule has 102 valence electrons. The van der Waals surface area contributed by atoms with Crippen LogP contribution in [0.4, 0.5) is 13.2 Å². The number of H-pyrrole nitrogens is 1. The largest absolute Gasteiger partial charge is 0.417 e. The Labute approximate surface area is 116 Å². The van der Waals surface area contributed by atoms with Crippen molar-refractivity contribution in [3.63, 3.8) is 0 Å². The summed E-state index contributed by atoms with van der Waals surface area (Å²) in [7, 11) is 1.75. The molecule has 0 radical (unpaired) electrons. The van der Waals surface area contributed by atoms with E-state index < -0.39 is 11.7 Å². The van der Waals surface area contributed by atoms with Gasteiger partial charge in [0.15, 0.2) is 0 Å². The molecule has 3 nitrogen and oxygen atoms in total. The predicted molar refractivity (Wildman–Crippen MR) is 69.5 cm³/mol. The van der Waals surface area contributed by atoms with Crippen molar-refractivity contribution >= 4 is 15.9 Å². The number of halogens is 4. The maximum absolute atomic E-state index is 13.0. The summed E-state index contributed by atoms with van der Waals surface area (Å²) in [6.45, 7) is 0.519. The highest BCUT2D eigenvalue weighted by molar-refractivity contribution is 9.10. The zero-order valence-electron chi connectivity index (χ0n) is 9.98. The van der Waals surface area contributed by atoms with Crippen LogP contribution < -0.4 is 5.32 Å². The lowest BCUT2D eigenvalue weighted by molar-refractivity contribution is -0.137. The Morgan fingerprint density at radius 2 is 2.11 bits per heavy atom. The van der Waals surface area contributed by atoms with Crippen molar-refractivity contribution < 1.29 is 13.2 Å². The molecule has 0 saturated heterocycles. The Hall–Kier alpha value is -1.34. The van der Waals surface area contributed by atoms with Crippen LogP contribution in [-0.2, 0) is 12.7 Å². The zero-order chi connectivity index (χ0) is 14.0. The molecule has 1 heterocycles. The average molecular weight is 334 g/mol. The summed E-state index contributed by atoms with van der Waals surface area (Å²) in [5.41, 5.74) is 0.0545. The number of rotatable bonds is 3. The van der Waals surface area contributed by atoms with Crippen molar-refractivity contribution in [3.05, 3.63) is 40.1 Å². The van der Waals surface area contributed by atoms with Gasteiger partial charge in [-0.2, -0.15) is 13.2 Å². The molecule has 0 aliphatic carbocycles. The second kappa shape index (κ2) is 5.34. The summed E-state index contributed by atoms with van der Waals surface area (Å²) in [5.74, 6) is 0.213. The quantitative estimate of drug-likeness (QED) is 0.901. The Bertz CT molecular complexity index is 578. The first-order valence-electron chi connectivity index (χ1n) is 5.47. The minimum Gasteiger partial charge on any atom is -0.341 e. The minimum atomic E-state index is -4.42. The third-order valence-electron chi connectivity index (χ3n) is 2.54. The molecule has 0 fully saturated rings. The van der Waals surface area contributed by atoms with Crippen molar-refractivity contribution in [3.8, 4) is 11.4 Å². The van der Waals surface area contributed by atoms with E-state index in [1.165, 1.54) is 12.3 Å². The molecule has 0 aliphatic heterocycles. The number of imidazole rings is 1. The maximum atomic E-state index is 13.0. The van der Waals surface area contributed by atoms with E-state index in [4.69, 9.17) is 0 Å². The molecule has 0 aliphatic rings. The van der Waals surface area contributed by atoms with Gasteiger partial charge in [-0.15, -0.1) is 0 Å². The first-order chi connectivity index (χ1) is 8.91. The normalized spacial score (nSPS) is 11.8. The van der Waals surface area contributed by atoms with Gasteiger partial charge in [-0.25, -0.2) is 4.98 Å². The molecule has 1 aromatic heterocycles. The third-order valence-corrected chi connectivity index (χ3v) is 3.03. The van der Waals surface area contributed by atoms with Gasteiger partial charge >= 0.3 is 6.18 Å². The second-order valence-corrected chi connectivity index (χ2v) is 4.89. The molecule has 0 saturated carbocycles. The lowest BCUT2D eigenvalue weighted by atomic mass is 10.1. The summed E-state index contributed by atoms with van der Waals surface area (Å²) in [4.78, 5) is 6.87. The number of hydrogen-bond donors (Lipinski definition) is 2. The van der Waals surface area contributed by atoms with Crippen molar-refractivity contribution in [2.45, 2.75) is 12.7 Å². The second-order valence-electron chi connectivity index (χ2n) is 3.98. The van der Waals surface area contributed by atoms with Gasteiger partial charge in [0.2, 0.25) is 0 Å². The van der Waals surface area contributed by atoms with Crippen LogP contribution in [0.3, 0.4) is 0 Å². The molecule has 2 N–H and O–H groups in total. The molecule has 0 unspecified atom stereocenters. The van der Waals surface area contributed by atoms with Gasteiger partial charge < -0.3 is 10.3 Å². The maximum Gasteiger partial charge on any atom is 0.417 e. The number of nitrogens with zero attached hydrogens (tertiary/aromatic N) is 1. The lowest BCUT2D eigenvalue weighted by Gasteiger charge is -2.11. The summed E-state index contributed by atoms with van der Waals surface area (Å²) in [6.07, 6.45) is -2.90. The fourth-order valence-corrected chi connectivity index (χ4v) is 2.09. The van der Waals surface area contributed by atoms with Crippen molar-refractivity contribution in [2.75, 3.05) is 7.05 Å². The highest BCUT2D eigenvalue weighted by Gasteiger charge is 2.34. The predicted octanol–water partition coefficient (Wildman–Crippen LogP) is 3.58. The van der Waals surface area contributed by atoms with Gasteiger partial charge in [-0.1, -0.05) is 15.9 Å². The SMILES string of the molecule is CNCc1cnc(-c2ccc(Br)cc2C(F)(F)F)[nH]1. The van der Waals surface area contributed by atoms with Crippen LogP contribution in [0.25, 0.3) is 11.4 Å². The van der Waals surface area contributed by atoms with E-state index in [9.17, 15) is 13.2 Å². The molecule has 0 spiro atoms. The third kappa shape index (κ3) is 3.16. The smallest absolute Gasteiger partial charge is 0.341 e. The fraction of sp³-hybridized carbons (Fsp3) is 0.250. The summed E-state index contributed by atoms with van der Waals surface area (Å²) in [5, 5.41) is 2.90. The minimum absolute atomic E-state index is 0.0399. The summed E-state index contributed by atoms with van der Waals surface area (Å²) in [6, 6.07) is 4.01. The molecular formula is C12H11BrF3N3. The van der Waals surface area contributed by atoms with Crippen LogP contribution in [0.1, 0.15) is 11.3 Å². The average Bonchev–Trinajstić information content (AvgIpc) is 2.77. The van der Waals surface area contributed by atoms with E-state index in [0.29, 0.717) is 11.0 Å². The first-order valence-corrected chi connectivity index (χ1v) is 6.26. The van der Waals surface area contributed by atoms with Gasteiger partial charge in [-0.05, 0) is 25.2 Å². The molecule has 19 heavy (non-hydrogen) atoms. The summed E-state index contributed by atoms with van der Waals surface area (Å²) < 4.78 is 39.4. The van der Waals surface area contributed by atoms with Crippen LogP contribution in [0.15, 0.2) is 28.9 Å². The molecule has 0 amide bonds. The van der Waals surface area contributed by atoms with Crippen molar-refractivity contribution in [1.29, 1.82) is 0 Å². The molecule has 7 heteroatoms. The van der Waals surface area contributed by atoms with E-state index in [1.54, 1.807) is 13.1 Å². The van der Waals surface area contributed by atoms with Gasteiger partial charge in [0.1, 0.15) is 5.82 Å². The van der Waals surface area contributed by atoms with Crippen LogP contribution in [0.5, 0.6) is 0 Å². The van der Waals surface area contributed by atoms with Crippen molar-refractivity contribution in [2.24, 2.45) is 0 Å². The number of aromatic nitrogens is 2. The Balaban J connectivity index is 2.48. The Morgan fingerprint density at radius 3 is 2.74 bits per heavy atom. The zero-order valence-corrected chi connectivity index (χ0v) is 11.6. The molecule has 2 rings (SSSR count). The standard InChI is InChI=1S/C12H11BrF3N3/c1-17-5-8-6-18-11(19-8)9-3-2-7(13)4-10(9)12(14,15)16/h2-4,6,17H,5H2,1H3,(H,18,19). The van der Waals surface area contributed by atoms with E-state index in [1.807, 2.05) is 0 Å².